The number of rotatable bonds is 6. The largest absolute Gasteiger partial charge is 0.366 e. The van der Waals surface area contributed by atoms with Crippen LogP contribution in [0.3, 0.4) is 0 Å². The van der Waals surface area contributed by atoms with E-state index in [-0.39, 0.29) is 10.9 Å². The highest BCUT2D eigenvalue weighted by atomic mass is 32.2. The molecule has 1 saturated carbocycles. The molecule has 13 heteroatoms. The summed E-state index contributed by atoms with van der Waals surface area (Å²) in [5.74, 6) is 0.489. The highest BCUT2D eigenvalue weighted by Gasteiger charge is 2.43. The first-order valence-electron chi connectivity index (χ1n) is 11.1. The molecular weight excluding hydrogens is 494 g/mol. The molecule has 0 unspecified atom stereocenters. The Hall–Kier alpha value is -2.95. The Kier molecular flexibility index (Phi) is 6.29. The number of carbonyl (C=O) groups is 1. The molecule has 0 atom stereocenters. The Morgan fingerprint density at radius 2 is 2.00 bits per heavy atom. The number of alkyl halides is 2. The van der Waals surface area contributed by atoms with Gasteiger partial charge in [-0.1, -0.05) is 0 Å². The fraction of sp³-hybridized carbons (Fsp3) is 0.455. The van der Waals surface area contributed by atoms with E-state index in [9.17, 15) is 18.8 Å². The molecule has 2 fully saturated rings. The number of imidazole rings is 1. The molecule has 2 aliphatic rings. The minimum atomic E-state index is -2.58. The minimum Gasteiger partial charge on any atom is -0.366 e. The average Bonchev–Trinajstić information content (AvgIpc) is 3.25. The van der Waals surface area contributed by atoms with Gasteiger partial charge in [-0.15, -0.1) is 11.3 Å². The van der Waals surface area contributed by atoms with Gasteiger partial charge in [-0.25, -0.2) is 28.3 Å². The van der Waals surface area contributed by atoms with E-state index in [1.54, 1.807) is 25.2 Å². The van der Waals surface area contributed by atoms with Crippen molar-refractivity contribution in [3.8, 4) is 16.9 Å². The summed E-state index contributed by atoms with van der Waals surface area (Å²) in [7, 11) is 3.48. The number of carbonyl (C=O) groups excluding carboxylic acids is 1. The standard InChI is InChI=1S/C22H24F2N8OS2/c1-29(2)21(33)31-7-5-30(6-8-31)15-9-14(35-28-22(13-25)3-4-22)12-32-16(15)10-26-19(32)20-27-11-17(34-20)18(23)24/h9-12,18,28H,3-8H2,1-2H3. The fourth-order valence-corrected chi connectivity index (χ4v) is 5.61. The molecule has 0 bridgehead atoms. The number of thiazole rings is 1. The van der Waals surface area contributed by atoms with Crippen LogP contribution in [0.15, 0.2) is 29.6 Å². The maximum Gasteiger partial charge on any atom is 0.319 e. The van der Waals surface area contributed by atoms with Crippen molar-refractivity contribution in [2.75, 3.05) is 45.2 Å². The van der Waals surface area contributed by atoms with Crippen molar-refractivity contribution in [1.29, 1.82) is 5.26 Å². The first-order chi connectivity index (χ1) is 16.8. The Bertz CT molecular complexity index is 1290. The van der Waals surface area contributed by atoms with Crippen LogP contribution in [0.1, 0.15) is 24.1 Å². The van der Waals surface area contributed by atoms with Crippen molar-refractivity contribution in [3.05, 3.63) is 29.5 Å². The fourth-order valence-electron chi connectivity index (χ4n) is 3.95. The van der Waals surface area contributed by atoms with E-state index < -0.39 is 12.0 Å². The molecule has 5 rings (SSSR count). The Morgan fingerprint density at radius 3 is 2.60 bits per heavy atom. The number of pyridine rings is 1. The minimum absolute atomic E-state index is 0.0141. The van der Waals surface area contributed by atoms with Crippen LogP contribution >= 0.6 is 23.3 Å². The van der Waals surface area contributed by atoms with Crippen molar-refractivity contribution in [2.45, 2.75) is 29.7 Å². The van der Waals surface area contributed by atoms with Crippen molar-refractivity contribution < 1.29 is 13.6 Å². The van der Waals surface area contributed by atoms with Gasteiger partial charge in [0, 0.05) is 57.6 Å². The van der Waals surface area contributed by atoms with Crippen LogP contribution in [0.4, 0.5) is 19.3 Å². The molecule has 1 aliphatic heterocycles. The number of halogens is 2. The number of nitrogens with one attached hydrogen (secondary N) is 1. The van der Waals surface area contributed by atoms with Crippen LogP contribution < -0.4 is 9.62 Å². The van der Waals surface area contributed by atoms with E-state index in [0.29, 0.717) is 37.0 Å². The Morgan fingerprint density at radius 1 is 1.26 bits per heavy atom. The third kappa shape index (κ3) is 4.65. The number of aromatic nitrogens is 3. The van der Waals surface area contributed by atoms with Gasteiger partial charge in [-0.2, -0.15) is 5.26 Å². The van der Waals surface area contributed by atoms with Gasteiger partial charge in [0.05, 0.1) is 28.3 Å². The van der Waals surface area contributed by atoms with Gasteiger partial charge in [-0.3, -0.25) is 4.40 Å². The van der Waals surface area contributed by atoms with Crippen molar-refractivity contribution in [2.24, 2.45) is 0 Å². The number of urea groups is 1. The molecule has 35 heavy (non-hydrogen) atoms. The summed E-state index contributed by atoms with van der Waals surface area (Å²) in [6.45, 7) is 2.46. The maximum absolute atomic E-state index is 13.2. The molecule has 0 aromatic carbocycles. The number of hydrogen-bond acceptors (Lipinski definition) is 8. The predicted octanol–water partition coefficient (Wildman–Crippen LogP) is 3.85. The van der Waals surface area contributed by atoms with Gasteiger partial charge in [0.15, 0.2) is 10.8 Å². The summed E-state index contributed by atoms with van der Waals surface area (Å²) in [5, 5.41) is 9.84. The summed E-state index contributed by atoms with van der Waals surface area (Å²) in [6, 6.07) is 4.35. The summed E-state index contributed by atoms with van der Waals surface area (Å²) in [5.41, 5.74) is 1.25. The summed E-state index contributed by atoms with van der Waals surface area (Å²) in [4.78, 5) is 27.4. The lowest BCUT2D eigenvalue weighted by molar-refractivity contribution is 0.155. The van der Waals surface area contributed by atoms with Gasteiger partial charge in [0.2, 0.25) is 0 Å². The third-order valence-electron chi connectivity index (χ3n) is 6.13. The zero-order valence-corrected chi connectivity index (χ0v) is 20.9. The molecule has 1 saturated heterocycles. The summed E-state index contributed by atoms with van der Waals surface area (Å²) >= 11 is 2.30. The highest BCUT2D eigenvalue weighted by molar-refractivity contribution is 7.97. The zero-order valence-electron chi connectivity index (χ0n) is 19.2. The van der Waals surface area contributed by atoms with Crippen molar-refractivity contribution in [3.63, 3.8) is 0 Å². The maximum atomic E-state index is 13.2. The number of amides is 2. The van der Waals surface area contributed by atoms with Gasteiger partial charge in [0.1, 0.15) is 5.54 Å². The van der Waals surface area contributed by atoms with Crippen LogP contribution in [0.2, 0.25) is 0 Å². The number of piperazine rings is 1. The third-order valence-corrected chi connectivity index (χ3v) is 8.08. The quantitative estimate of drug-likeness (QED) is 0.496. The zero-order chi connectivity index (χ0) is 24.7. The van der Waals surface area contributed by atoms with E-state index in [1.165, 1.54) is 18.1 Å². The molecule has 4 heterocycles. The normalized spacial score (nSPS) is 17.1. The second-order valence-corrected chi connectivity index (χ2v) is 10.8. The number of hydrogen-bond donors (Lipinski definition) is 1. The predicted molar refractivity (Wildman–Crippen MR) is 131 cm³/mol. The average molecular weight is 519 g/mol. The molecule has 1 aliphatic carbocycles. The van der Waals surface area contributed by atoms with E-state index in [1.807, 2.05) is 21.6 Å². The molecule has 9 nitrogen and oxygen atoms in total. The molecule has 3 aromatic heterocycles. The topological polar surface area (TPSA) is 92.8 Å². The highest BCUT2D eigenvalue weighted by Crippen LogP contribution is 2.39. The lowest BCUT2D eigenvalue weighted by Gasteiger charge is -2.37. The lowest BCUT2D eigenvalue weighted by atomic mass is 10.2. The van der Waals surface area contributed by atoms with Crippen molar-refractivity contribution >= 4 is 40.5 Å². The lowest BCUT2D eigenvalue weighted by Crippen LogP contribution is -2.51. The molecule has 2 amide bonds. The second-order valence-electron chi connectivity index (χ2n) is 8.82. The SMILES string of the molecule is CN(C)C(=O)N1CCN(c2cc(SNC3(C#N)CC3)cn3c(-c4ncc(C(F)F)s4)ncc23)CC1. The smallest absolute Gasteiger partial charge is 0.319 e. The van der Waals surface area contributed by atoms with Crippen LogP contribution in [0, 0.1) is 11.3 Å². The van der Waals surface area contributed by atoms with Gasteiger partial charge in [0.25, 0.3) is 6.43 Å². The van der Waals surface area contributed by atoms with Crippen molar-refractivity contribution in [1.82, 2.24) is 28.9 Å². The van der Waals surface area contributed by atoms with Gasteiger partial charge in [-0.05, 0) is 30.9 Å². The number of nitrogens with zero attached hydrogens (tertiary/aromatic N) is 7. The summed E-state index contributed by atoms with van der Waals surface area (Å²) < 4.78 is 31.5. The monoisotopic (exact) mass is 518 g/mol. The molecule has 1 N–H and O–H groups in total. The summed E-state index contributed by atoms with van der Waals surface area (Å²) in [6.07, 6.45) is 3.84. The number of anilines is 1. The molecule has 3 aromatic rings. The van der Waals surface area contributed by atoms with Crippen LogP contribution in [0.25, 0.3) is 16.3 Å². The van der Waals surface area contributed by atoms with Crippen LogP contribution in [-0.4, -0.2) is 76.0 Å². The van der Waals surface area contributed by atoms with E-state index >= 15 is 0 Å². The number of fused-ring (bicyclic) bond motifs is 1. The van der Waals surface area contributed by atoms with E-state index in [4.69, 9.17) is 0 Å². The first-order valence-corrected chi connectivity index (χ1v) is 12.8. The molecule has 0 radical (unpaired) electrons. The van der Waals surface area contributed by atoms with Crippen LogP contribution in [-0.2, 0) is 0 Å². The Labute approximate surface area is 209 Å². The number of nitriles is 1. The molecule has 184 valence electrons. The molecule has 0 spiro atoms. The van der Waals surface area contributed by atoms with Crippen LogP contribution in [0.5, 0.6) is 0 Å². The first kappa shape index (κ1) is 23.8. The van der Waals surface area contributed by atoms with Gasteiger partial charge >= 0.3 is 6.03 Å². The molecular formula is C22H24F2N8OS2. The second kappa shape index (κ2) is 9.25. The van der Waals surface area contributed by atoms with E-state index in [0.717, 1.165) is 40.3 Å². The Balaban J connectivity index is 1.49. The van der Waals surface area contributed by atoms with E-state index in [2.05, 4.69) is 25.7 Å². The van der Waals surface area contributed by atoms with Gasteiger partial charge < -0.3 is 14.7 Å².